The van der Waals surface area contributed by atoms with Crippen molar-refractivity contribution in [2.45, 2.75) is 19.9 Å². The maximum absolute atomic E-state index is 5.58. The van der Waals surface area contributed by atoms with Crippen molar-refractivity contribution in [3.8, 4) is 0 Å². The van der Waals surface area contributed by atoms with Gasteiger partial charge < -0.3 is 14.2 Å². The molecule has 0 amide bonds. The Bertz CT molecular complexity index is 702. The third-order valence-electron chi connectivity index (χ3n) is 2.88. The summed E-state index contributed by atoms with van der Waals surface area (Å²) < 4.78 is 11.9. The molecule has 2 aromatic heterocycles. The fourth-order valence-electron chi connectivity index (χ4n) is 1.87. The van der Waals surface area contributed by atoms with Crippen LogP contribution in [0.2, 0.25) is 0 Å². The largest absolute Gasteiger partial charge is 0.466 e. The SMILES string of the molecule is CCc1nc2cc(NCc3occc3Br)ccc2o1. The van der Waals surface area contributed by atoms with Crippen molar-refractivity contribution in [1.82, 2.24) is 4.98 Å². The molecule has 0 radical (unpaired) electrons. The highest BCUT2D eigenvalue weighted by molar-refractivity contribution is 9.10. The number of aryl methyl sites for hydroxylation is 1. The van der Waals surface area contributed by atoms with E-state index in [1.807, 2.05) is 31.2 Å². The van der Waals surface area contributed by atoms with Gasteiger partial charge in [-0.15, -0.1) is 0 Å². The maximum Gasteiger partial charge on any atom is 0.195 e. The number of furan rings is 1. The number of hydrogen-bond donors (Lipinski definition) is 1. The minimum Gasteiger partial charge on any atom is -0.466 e. The van der Waals surface area contributed by atoms with Crippen LogP contribution in [0.4, 0.5) is 5.69 Å². The summed E-state index contributed by atoms with van der Waals surface area (Å²) >= 11 is 3.43. The van der Waals surface area contributed by atoms with Gasteiger partial charge >= 0.3 is 0 Å². The number of nitrogens with zero attached hydrogens (tertiary/aromatic N) is 1. The summed E-state index contributed by atoms with van der Waals surface area (Å²) in [5, 5.41) is 3.30. The number of nitrogens with one attached hydrogen (secondary N) is 1. The Kier molecular flexibility index (Phi) is 3.29. The third-order valence-corrected chi connectivity index (χ3v) is 3.58. The van der Waals surface area contributed by atoms with Crippen LogP contribution in [0.3, 0.4) is 0 Å². The summed E-state index contributed by atoms with van der Waals surface area (Å²) in [5.41, 5.74) is 2.69. The molecule has 0 aliphatic rings. The molecule has 0 bridgehead atoms. The number of hydrogen-bond acceptors (Lipinski definition) is 4. The minimum atomic E-state index is 0.623. The molecule has 0 spiro atoms. The zero-order valence-corrected chi connectivity index (χ0v) is 12.0. The number of aromatic nitrogens is 1. The molecule has 5 heteroatoms. The predicted molar refractivity (Wildman–Crippen MR) is 77.1 cm³/mol. The first-order valence-electron chi connectivity index (χ1n) is 6.11. The lowest BCUT2D eigenvalue weighted by Gasteiger charge is -2.04. The van der Waals surface area contributed by atoms with E-state index in [1.165, 1.54) is 0 Å². The molecule has 0 aliphatic heterocycles. The zero-order chi connectivity index (χ0) is 13.2. The van der Waals surface area contributed by atoms with E-state index in [2.05, 4.69) is 26.2 Å². The Labute approximate surface area is 118 Å². The highest BCUT2D eigenvalue weighted by Gasteiger charge is 2.06. The van der Waals surface area contributed by atoms with Gasteiger partial charge in [-0.1, -0.05) is 6.92 Å². The first-order valence-corrected chi connectivity index (χ1v) is 6.91. The van der Waals surface area contributed by atoms with Crippen LogP contribution in [-0.2, 0) is 13.0 Å². The Balaban J connectivity index is 1.79. The van der Waals surface area contributed by atoms with Crippen molar-refractivity contribution < 1.29 is 8.83 Å². The average Bonchev–Trinajstić information content (AvgIpc) is 3.01. The van der Waals surface area contributed by atoms with E-state index in [9.17, 15) is 0 Å². The van der Waals surface area contributed by atoms with Crippen LogP contribution in [0.25, 0.3) is 11.1 Å². The lowest BCUT2D eigenvalue weighted by atomic mass is 10.3. The number of halogens is 1. The second-order valence-electron chi connectivity index (χ2n) is 4.19. The fourth-order valence-corrected chi connectivity index (χ4v) is 2.21. The van der Waals surface area contributed by atoms with E-state index in [-0.39, 0.29) is 0 Å². The summed E-state index contributed by atoms with van der Waals surface area (Å²) in [6, 6.07) is 7.77. The van der Waals surface area contributed by atoms with Crippen molar-refractivity contribution in [3.63, 3.8) is 0 Å². The molecule has 0 saturated heterocycles. The quantitative estimate of drug-likeness (QED) is 0.776. The van der Waals surface area contributed by atoms with E-state index in [4.69, 9.17) is 8.83 Å². The number of anilines is 1. The summed E-state index contributed by atoms with van der Waals surface area (Å²) in [4.78, 5) is 4.42. The summed E-state index contributed by atoms with van der Waals surface area (Å²) in [5.74, 6) is 1.63. The molecule has 3 aromatic rings. The summed E-state index contributed by atoms with van der Waals surface area (Å²) in [6.07, 6.45) is 2.46. The Morgan fingerprint density at radius 1 is 1.32 bits per heavy atom. The normalized spacial score (nSPS) is 11.1. The van der Waals surface area contributed by atoms with Crippen LogP contribution in [0.5, 0.6) is 0 Å². The topological polar surface area (TPSA) is 51.2 Å². The Morgan fingerprint density at radius 2 is 2.21 bits per heavy atom. The van der Waals surface area contributed by atoms with Gasteiger partial charge in [0, 0.05) is 12.1 Å². The summed E-state index contributed by atoms with van der Waals surface area (Å²) in [7, 11) is 0. The first-order chi connectivity index (χ1) is 9.26. The molecule has 0 atom stereocenters. The van der Waals surface area contributed by atoms with Gasteiger partial charge in [0.25, 0.3) is 0 Å². The van der Waals surface area contributed by atoms with Crippen LogP contribution >= 0.6 is 15.9 Å². The molecule has 4 nitrogen and oxygen atoms in total. The van der Waals surface area contributed by atoms with Crippen LogP contribution in [0.1, 0.15) is 18.6 Å². The highest BCUT2D eigenvalue weighted by atomic mass is 79.9. The van der Waals surface area contributed by atoms with E-state index in [1.54, 1.807) is 6.26 Å². The van der Waals surface area contributed by atoms with E-state index < -0.39 is 0 Å². The molecule has 0 unspecified atom stereocenters. The monoisotopic (exact) mass is 320 g/mol. The fraction of sp³-hybridized carbons (Fsp3) is 0.214. The van der Waals surface area contributed by atoms with Gasteiger partial charge in [-0.2, -0.15) is 0 Å². The Morgan fingerprint density at radius 3 is 2.95 bits per heavy atom. The molecule has 0 saturated carbocycles. The van der Waals surface area contributed by atoms with Crippen molar-refractivity contribution in [2.24, 2.45) is 0 Å². The number of rotatable bonds is 4. The van der Waals surface area contributed by atoms with Crippen LogP contribution in [0.15, 0.2) is 43.8 Å². The van der Waals surface area contributed by atoms with Gasteiger partial charge in [-0.05, 0) is 40.2 Å². The number of oxazole rings is 1. The highest BCUT2D eigenvalue weighted by Crippen LogP contribution is 2.22. The van der Waals surface area contributed by atoms with Gasteiger partial charge in [0.15, 0.2) is 11.5 Å². The van der Waals surface area contributed by atoms with Crippen molar-refractivity contribution in [3.05, 3.63) is 46.7 Å². The molecule has 19 heavy (non-hydrogen) atoms. The van der Waals surface area contributed by atoms with Gasteiger partial charge in [0.1, 0.15) is 11.3 Å². The van der Waals surface area contributed by atoms with Crippen LogP contribution < -0.4 is 5.32 Å². The molecule has 1 N–H and O–H groups in total. The van der Waals surface area contributed by atoms with Crippen molar-refractivity contribution >= 4 is 32.7 Å². The van der Waals surface area contributed by atoms with Gasteiger partial charge in [-0.3, -0.25) is 0 Å². The van der Waals surface area contributed by atoms with E-state index in [0.29, 0.717) is 6.54 Å². The minimum absolute atomic E-state index is 0.623. The molecule has 1 aromatic carbocycles. The standard InChI is InChI=1S/C14H13BrN2O2/c1-2-14-17-11-7-9(3-4-12(11)19-14)16-8-13-10(15)5-6-18-13/h3-7,16H,2,8H2,1H3. The van der Waals surface area contributed by atoms with Gasteiger partial charge in [-0.25, -0.2) is 4.98 Å². The van der Waals surface area contributed by atoms with Crippen LogP contribution in [0, 0.1) is 0 Å². The number of fused-ring (bicyclic) bond motifs is 1. The van der Waals surface area contributed by atoms with Gasteiger partial charge in [0.05, 0.1) is 17.3 Å². The second-order valence-corrected chi connectivity index (χ2v) is 5.04. The lowest BCUT2D eigenvalue weighted by Crippen LogP contribution is -1.98. The zero-order valence-electron chi connectivity index (χ0n) is 10.4. The smallest absolute Gasteiger partial charge is 0.195 e. The third kappa shape index (κ3) is 2.51. The average molecular weight is 321 g/mol. The second kappa shape index (κ2) is 5.09. The maximum atomic E-state index is 5.58. The molecule has 0 fully saturated rings. The van der Waals surface area contributed by atoms with Crippen molar-refractivity contribution in [1.29, 1.82) is 0 Å². The molecular formula is C14H13BrN2O2. The Hall–Kier alpha value is -1.75. The van der Waals surface area contributed by atoms with E-state index >= 15 is 0 Å². The van der Waals surface area contributed by atoms with E-state index in [0.717, 1.165) is 39.3 Å². The lowest BCUT2D eigenvalue weighted by molar-refractivity contribution is 0.516. The first kappa shape index (κ1) is 12.3. The van der Waals surface area contributed by atoms with Gasteiger partial charge in [0.2, 0.25) is 0 Å². The molecule has 2 heterocycles. The molecule has 3 rings (SSSR count). The molecule has 98 valence electrons. The van der Waals surface area contributed by atoms with Crippen LogP contribution in [-0.4, -0.2) is 4.98 Å². The van der Waals surface area contributed by atoms with Crippen molar-refractivity contribution in [2.75, 3.05) is 5.32 Å². The molecular weight excluding hydrogens is 308 g/mol. The predicted octanol–water partition coefficient (Wildman–Crippen LogP) is 4.36. The number of benzene rings is 1. The summed E-state index contributed by atoms with van der Waals surface area (Å²) in [6.45, 7) is 2.65. The molecule has 0 aliphatic carbocycles.